The lowest BCUT2D eigenvalue weighted by Crippen LogP contribution is -2.13. The molecule has 6 nitrogen and oxygen atoms in total. The van der Waals surface area contributed by atoms with Crippen LogP contribution in [-0.2, 0) is 15.9 Å². The highest BCUT2D eigenvalue weighted by atomic mass is 32.2. The zero-order chi connectivity index (χ0) is 17.9. The Balaban J connectivity index is 2.19. The van der Waals surface area contributed by atoms with Gasteiger partial charge in [0.2, 0.25) is 0 Å². The highest BCUT2D eigenvalue weighted by molar-refractivity contribution is 7.86. The number of benzene rings is 2. The summed E-state index contributed by atoms with van der Waals surface area (Å²) in [6, 6.07) is 10.9. The van der Waals surface area contributed by atoms with Gasteiger partial charge in [-0.3, -0.25) is 10.1 Å². The molecule has 0 N–H and O–H groups in total. The molecule has 24 heavy (non-hydrogen) atoms. The van der Waals surface area contributed by atoms with Crippen molar-refractivity contribution in [1.29, 1.82) is 0 Å². The van der Waals surface area contributed by atoms with E-state index >= 15 is 0 Å². The number of nitrogens with zero attached hydrogens (tertiary/aromatic N) is 1. The van der Waals surface area contributed by atoms with Gasteiger partial charge in [0.25, 0.3) is 5.69 Å². The van der Waals surface area contributed by atoms with Crippen LogP contribution in [0.15, 0.2) is 42.5 Å². The van der Waals surface area contributed by atoms with Crippen LogP contribution in [0.3, 0.4) is 0 Å². The van der Waals surface area contributed by atoms with E-state index in [1.807, 2.05) is 26.0 Å². The average molecular weight is 349 g/mol. The minimum Gasteiger partial charge on any atom is -0.382 e. The van der Waals surface area contributed by atoms with E-state index in [4.69, 9.17) is 4.18 Å². The van der Waals surface area contributed by atoms with Crippen LogP contribution in [0.5, 0.6) is 5.75 Å². The number of aryl methyl sites for hydroxylation is 1. The molecule has 0 unspecified atom stereocenters. The Morgan fingerprint density at radius 2 is 1.75 bits per heavy atom. The maximum atomic E-state index is 12.3. The number of nitro groups is 1. The summed E-state index contributed by atoms with van der Waals surface area (Å²) in [6.07, 6.45) is 0. The van der Waals surface area contributed by atoms with Crippen molar-refractivity contribution in [3.8, 4) is 5.75 Å². The molecule has 2 aromatic carbocycles. The summed E-state index contributed by atoms with van der Waals surface area (Å²) in [5.41, 5.74) is 2.06. The molecule has 0 fully saturated rings. The lowest BCUT2D eigenvalue weighted by atomic mass is 10.0. The van der Waals surface area contributed by atoms with E-state index in [0.29, 0.717) is 11.3 Å². The van der Waals surface area contributed by atoms with Crippen LogP contribution >= 0.6 is 0 Å². The first-order valence-corrected chi connectivity index (χ1v) is 9.02. The van der Waals surface area contributed by atoms with Crippen LogP contribution in [0.4, 0.5) is 5.69 Å². The smallest absolute Gasteiger partial charge is 0.313 e. The van der Waals surface area contributed by atoms with E-state index in [1.54, 1.807) is 13.0 Å². The molecule has 0 atom stereocenters. The predicted molar refractivity (Wildman–Crippen MR) is 91.6 cm³/mol. The van der Waals surface area contributed by atoms with Crippen molar-refractivity contribution in [2.24, 2.45) is 0 Å². The zero-order valence-electron chi connectivity index (χ0n) is 13.7. The van der Waals surface area contributed by atoms with E-state index in [-0.39, 0.29) is 17.4 Å². The van der Waals surface area contributed by atoms with Crippen LogP contribution in [0.25, 0.3) is 0 Å². The third-order valence-corrected chi connectivity index (χ3v) is 4.71. The van der Waals surface area contributed by atoms with E-state index in [2.05, 4.69) is 0 Å². The van der Waals surface area contributed by atoms with Gasteiger partial charge in [0.15, 0.2) is 0 Å². The van der Waals surface area contributed by atoms with Crippen molar-refractivity contribution in [3.63, 3.8) is 0 Å². The van der Waals surface area contributed by atoms with E-state index < -0.39 is 15.0 Å². The Morgan fingerprint density at radius 3 is 2.29 bits per heavy atom. The van der Waals surface area contributed by atoms with Gasteiger partial charge in [-0.25, -0.2) is 0 Å². The number of non-ortho nitro benzene ring substituents is 1. The number of hydrogen-bond acceptors (Lipinski definition) is 5. The minimum atomic E-state index is -3.86. The van der Waals surface area contributed by atoms with Crippen molar-refractivity contribution in [2.75, 3.05) is 0 Å². The first-order chi connectivity index (χ1) is 11.2. The quantitative estimate of drug-likeness (QED) is 0.448. The van der Waals surface area contributed by atoms with Crippen LogP contribution in [0.1, 0.15) is 36.5 Å². The Hall–Kier alpha value is -2.41. The van der Waals surface area contributed by atoms with E-state index in [9.17, 15) is 18.5 Å². The maximum absolute atomic E-state index is 12.3. The number of rotatable bonds is 6. The van der Waals surface area contributed by atoms with Gasteiger partial charge in [-0.2, -0.15) is 8.42 Å². The highest BCUT2D eigenvalue weighted by Gasteiger charge is 2.17. The second kappa shape index (κ2) is 7.00. The van der Waals surface area contributed by atoms with Gasteiger partial charge in [0.1, 0.15) is 11.5 Å². The molecule has 7 heteroatoms. The molecular formula is C17H19NO5S. The standard InChI is InChI=1S/C17H19NO5S/c1-12(2)15-7-4-13(3)17(10-15)23-24(21,22)11-14-5-8-16(9-6-14)18(19)20/h4-10,12H,11H2,1-3H3. The molecule has 0 aliphatic heterocycles. The molecule has 2 aromatic rings. The van der Waals surface area contributed by atoms with Crippen molar-refractivity contribution >= 4 is 15.8 Å². The molecule has 0 heterocycles. The van der Waals surface area contributed by atoms with Crippen molar-refractivity contribution in [1.82, 2.24) is 0 Å². The molecule has 0 bridgehead atoms. The van der Waals surface area contributed by atoms with Crippen molar-refractivity contribution in [2.45, 2.75) is 32.4 Å². The Kier molecular flexibility index (Phi) is 5.23. The summed E-state index contributed by atoms with van der Waals surface area (Å²) in [4.78, 5) is 10.1. The summed E-state index contributed by atoms with van der Waals surface area (Å²) in [5, 5.41) is 10.6. The molecule has 0 saturated carbocycles. The molecular weight excluding hydrogens is 330 g/mol. The summed E-state index contributed by atoms with van der Waals surface area (Å²) in [6.45, 7) is 5.81. The van der Waals surface area contributed by atoms with E-state index in [0.717, 1.165) is 11.1 Å². The summed E-state index contributed by atoms with van der Waals surface area (Å²) < 4.78 is 29.8. The second-order valence-corrected chi connectivity index (χ2v) is 7.46. The fourth-order valence-corrected chi connectivity index (χ4v) is 3.26. The lowest BCUT2D eigenvalue weighted by Gasteiger charge is -2.12. The number of hydrogen-bond donors (Lipinski definition) is 0. The molecule has 128 valence electrons. The van der Waals surface area contributed by atoms with Gasteiger partial charge in [0, 0.05) is 12.1 Å². The molecule has 0 radical (unpaired) electrons. The lowest BCUT2D eigenvalue weighted by molar-refractivity contribution is -0.384. The monoisotopic (exact) mass is 349 g/mol. The van der Waals surface area contributed by atoms with Gasteiger partial charge < -0.3 is 4.18 Å². The Morgan fingerprint density at radius 1 is 1.12 bits per heavy atom. The summed E-state index contributed by atoms with van der Waals surface area (Å²) in [5.74, 6) is 0.213. The largest absolute Gasteiger partial charge is 0.382 e. The normalized spacial score (nSPS) is 11.5. The average Bonchev–Trinajstić information content (AvgIpc) is 2.49. The van der Waals surface area contributed by atoms with Gasteiger partial charge >= 0.3 is 10.1 Å². The molecule has 0 aliphatic rings. The highest BCUT2D eigenvalue weighted by Crippen LogP contribution is 2.26. The van der Waals surface area contributed by atoms with E-state index in [1.165, 1.54) is 24.3 Å². The van der Waals surface area contributed by atoms with Crippen molar-refractivity contribution < 1.29 is 17.5 Å². The molecule has 2 rings (SSSR count). The van der Waals surface area contributed by atoms with Crippen molar-refractivity contribution in [3.05, 3.63) is 69.3 Å². The Bertz CT molecular complexity index is 842. The van der Waals surface area contributed by atoms with Crippen LogP contribution in [-0.4, -0.2) is 13.3 Å². The van der Waals surface area contributed by atoms with Gasteiger partial charge in [-0.1, -0.05) is 38.1 Å². The molecule has 0 aromatic heterocycles. The van der Waals surface area contributed by atoms with Gasteiger partial charge in [-0.15, -0.1) is 0 Å². The first kappa shape index (κ1) is 17.9. The fraction of sp³-hybridized carbons (Fsp3) is 0.294. The third-order valence-electron chi connectivity index (χ3n) is 3.59. The maximum Gasteiger partial charge on any atom is 0.313 e. The van der Waals surface area contributed by atoms with Gasteiger partial charge in [0.05, 0.1) is 4.92 Å². The van der Waals surface area contributed by atoms with Crippen LogP contribution in [0.2, 0.25) is 0 Å². The summed E-state index contributed by atoms with van der Waals surface area (Å²) in [7, 11) is -3.86. The molecule has 0 spiro atoms. The topological polar surface area (TPSA) is 86.5 Å². The molecule has 0 saturated heterocycles. The third kappa shape index (κ3) is 4.55. The molecule has 0 amide bonds. The Labute approximate surface area is 141 Å². The van der Waals surface area contributed by atoms with Crippen LogP contribution < -0.4 is 4.18 Å². The SMILES string of the molecule is Cc1ccc(C(C)C)cc1OS(=O)(=O)Cc1ccc([N+](=O)[O-])cc1. The predicted octanol–water partition coefficient (Wildman–Crippen LogP) is 3.94. The zero-order valence-corrected chi connectivity index (χ0v) is 14.5. The first-order valence-electron chi connectivity index (χ1n) is 7.44. The van der Waals surface area contributed by atoms with Gasteiger partial charge in [-0.05, 0) is 35.6 Å². The second-order valence-electron chi connectivity index (χ2n) is 5.89. The minimum absolute atomic E-state index is 0.0856. The molecule has 0 aliphatic carbocycles. The fourth-order valence-electron chi connectivity index (χ4n) is 2.15. The summed E-state index contributed by atoms with van der Waals surface area (Å²) >= 11 is 0. The van der Waals surface area contributed by atoms with Crippen LogP contribution in [0, 0.1) is 17.0 Å². The number of nitro benzene ring substituents is 1.